The van der Waals surface area contributed by atoms with E-state index in [1.165, 1.54) is 6.20 Å². The second-order valence-corrected chi connectivity index (χ2v) is 2.81. The van der Waals surface area contributed by atoms with E-state index < -0.39 is 16.5 Å². The summed E-state index contributed by atoms with van der Waals surface area (Å²) in [6, 6.07) is 4.88. The molecule has 5 heteroatoms. The Hall–Kier alpha value is -1.42. The van der Waals surface area contributed by atoms with Gasteiger partial charge >= 0.3 is 0 Å². The van der Waals surface area contributed by atoms with Gasteiger partial charge in [0.1, 0.15) is 5.65 Å². The van der Waals surface area contributed by atoms with Gasteiger partial charge in [0.05, 0.1) is 0 Å². The monoisotopic (exact) mass is 198 g/mol. The van der Waals surface area contributed by atoms with E-state index in [2.05, 4.69) is 4.98 Å². The Balaban J connectivity index is 3.03. The number of hydrogen-bond donors (Lipinski definition) is 0. The molecule has 66 valence electrons. The highest BCUT2D eigenvalue weighted by atomic mass is 35.5. The first-order chi connectivity index (χ1) is 6.20. The van der Waals surface area contributed by atoms with Crippen LogP contribution >= 0.6 is 11.6 Å². The Labute approximate surface area is 77.4 Å². The lowest BCUT2D eigenvalue weighted by Gasteiger charge is -1.99. The standard InChI is InChI=1S/C8H4ClFN2O/c9-7-6(10)8(13)12-4-2-1-3-5(12)11-7/h1-4H. The maximum absolute atomic E-state index is 12.9. The van der Waals surface area contributed by atoms with Gasteiger partial charge in [-0.1, -0.05) is 17.7 Å². The molecule has 2 aromatic heterocycles. The van der Waals surface area contributed by atoms with Crippen LogP contribution in [0.1, 0.15) is 0 Å². The molecule has 0 atom stereocenters. The Morgan fingerprint density at radius 3 is 3.00 bits per heavy atom. The van der Waals surface area contributed by atoms with Crippen LogP contribution in [0.3, 0.4) is 0 Å². The number of fused-ring (bicyclic) bond motifs is 1. The average Bonchev–Trinajstić information content (AvgIpc) is 2.15. The van der Waals surface area contributed by atoms with Gasteiger partial charge in [-0.25, -0.2) is 4.98 Å². The van der Waals surface area contributed by atoms with Gasteiger partial charge in [0.25, 0.3) is 5.56 Å². The lowest BCUT2D eigenvalue weighted by molar-refractivity contribution is 0.598. The molecule has 0 saturated heterocycles. The number of nitrogens with zero attached hydrogens (tertiary/aromatic N) is 2. The van der Waals surface area contributed by atoms with E-state index in [0.29, 0.717) is 5.65 Å². The van der Waals surface area contributed by atoms with E-state index in [1.807, 2.05) is 0 Å². The van der Waals surface area contributed by atoms with Crippen molar-refractivity contribution in [3.63, 3.8) is 0 Å². The first-order valence-corrected chi connectivity index (χ1v) is 3.90. The molecule has 0 unspecified atom stereocenters. The topological polar surface area (TPSA) is 34.4 Å². The highest BCUT2D eigenvalue weighted by Gasteiger charge is 2.08. The summed E-state index contributed by atoms with van der Waals surface area (Å²) in [5.41, 5.74) is -0.450. The molecule has 0 aliphatic heterocycles. The van der Waals surface area contributed by atoms with Crippen LogP contribution in [0.4, 0.5) is 4.39 Å². The van der Waals surface area contributed by atoms with Gasteiger partial charge < -0.3 is 0 Å². The highest BCUT2D eigenvalue weighted by Crippen LogP contribution is 2.07. The van der Waals surface area contributed by atoms with Gasteiger partial charge in [-0.3, -0.25) is 9.20 Å². The number of halogens is 2. The van der Waals surface area contributed by atoms with Crippen molar-refractivity contribution in [2.75, 3.05) is 0 Å². The van der Waals surface area contributed by atoms with E-state index >= 15 is 0 Å². The summed E-state index contributed by atoms with van der Waals surface area (Å²) < 4.78 is 14.0. The van der Waals surface area contributed by atoms with E-state index in [9.17, 15) is 9.18 Å². The zero-order valence-electron chi connectivity index (χ0n) is 6.37. The zero-order valence-corrected chi connectivity index (χ0v) is 7.12. The minimum absolute atomic E-state index is 0.332. The summed E-state index contributed by atoms with van der Waals surface area (Å²) in [5, 5.41) is -0.392. The molecule has 0 spiro atoms. The summed E-state index contributed by atoms with van der Waals surface area (Å²) in [7, 11) is 0. The lowest BCUT2D eigenvalue weighted by atomic mass is 10.4. The summed E-state index contributed by atoms with van der Waals surface area (Å²) in [6.45, 7) is 0. The summed E-state index contributed by atoms with van der Waals surface area (Å²) >= 11 is 5.39. The molecule has 0 bridgehead atoms. The van der Waals surface area contributed by atoms with Gasteiger partial charge in [0, 0.05) is 6.20 Å². The predicted molar refractivity (Wildman–Crippen MR) is 46.4 cm³/mol. The first kappa shape index (κ1) is 8.19. The van der Waals surface area contributed by atoms with Crippen molar-refractivity contribution >= 4 is 17.2 Å². The van der Waals surface area contributed by atoms with E-state index in [-0.39, 0.29) is 0 Å². The smallest absolute Gasteiger partial charge is 0.265 e. The molecule has 0 aromatic carbocycles. The molecule has 0 aliphatic rings. The number of rotatable bonds is 0. The third-order valence-corrected chi connectivity index (χ3v) is 1.89. The second-order valence-electron chi connectivity index (χ2n) is 2.45. The van der Waals surface area contributed by atoms with Crippen LogP contribution in [0, 0.1) is 5.82 Å². The van der Waals surface area contributed by atoms with Crippen molar-refractivity contribution in [1.29, 1.82) is 0 Å². The number of hydrogen-bond acceptors (Lipinski definition) is 2. The predicted octanol–water partition coefficient (Wildman–Crippen LogP) is 1.49. The van der Waals surface area contributed by atoms with Gasteiger partial charge in [0.2, 0.25) is 5.82 Å². The molecule has 0 fully saturated rings. The fraction of sp³-hybridized carbons (Fsp3) is 0. The Kier molecular flexibility index (Phi) is 1.77. The average molecular weight is 199 g/mol. The second kappa shape index (κ2) is 2.81. The molecule has 0 aliphatic carbocycles. The van der Waals surface area contributed by atoms with Crippen LogP contribution in [0.2, 0.25) is 5.15 Å². The van der Waals surface area contributed by atoms with Crippen molar-refractivity contribution in [3.05, 3.63) is 45.7 Å². The van der Waals surface area contributed by atoms with Crippen LogP contribution in [0.25, 0.3) is 5.65 Å². The molecular weight excluding hydrogens is 195 g/mol. The minimum atomic E-state index is -1.02. The van der Waals surface area contributed by atoms with Crippen molar-refractivity contribution in [2.24, 2.45) is 0 Å². The maximum atomic E-state index is 12.9. The summed E-state index contributed by atoms with van der Waals surface area (Å²) in [5.74, 6) is -1.02. The third-order valence-electron chi connectivity index (χ3n) is 1.64. The number of pyridine rings is 1. The minimum Gasteiger partial charge on any atom is -0.265 e. The summed E-state index contributed by atoms with van der Waals surface area (Å²) in [4.78, 5) is 14.9. The van der Waals surface area contributed by atoms with Crippen LogP contribution in [-0.2, 0) is 0 Å². The van der Waals surface area contributed by atoms with Crippen LogP contribution in [-0.4, -0.2) is 9.38 Å². The molecule has 3 nitrogen and oxygen atoms in total. The fourth-order valence-corrected chi connectivity index (χ4v) is 1.21. The Morgan fingerprint density at radius 2 is 2.23 bits per heavy atom. The molecule has 13 heavy (non-hydrogen) atoms. The van der Waals surface area contributed by atoms with E-state index in [1.54, 1.807) is 18.2 Å². The van der Waals surface area contributed by atoms with Gasteiger partial charge in [0.15, 0.2) is 5.15 Å². The first-order valence-electron chi connectivity index (χ1n) is 3.52. The zero-order chi connectivity index (χ0) is 9.42. The normalized spacial score (nSPS) is 10.6. The molecule has 0 radical (unpaired) electrons. The van der Waals surface area contributed by atoms with Crippen LogP contribution in [0.15, 0.2) is 29.2 Å². The molecule has 0 amide bonds. The van der Waals surface area contributed by atoms with Crippen molar-refractivity contribution < 1.29 is 4.39 Å². The van der Waals surface area contributed by atoms with Crippen LogP contribution in [0.5, 0.6) is 0 Å². The molecular formula is C8H4ClFN2O. The van der Waals surface area contributed by atoms with Gasteiger partial charge in [-0.2, -0.15) is 4.39 Å². The summed E-state index contributed by atoms with van der Waals surface area (Å²) in [6.07, 6.45) is 1.43. The largest absolute Gasteiger partial charge is 0.295 e. The molecule has 2 rings (SSSR count). The van der Waals surface area contributed by atoms with Gasteiger partial charge in [-0.15, -0.1) is 0 Å². The van der Waals surface area contributed by atoms with Crippen LogP contribution < -0.4 is 5.56 Å². The quantitative estimate of drug-likeness (QED) is 0.601. The van der Waals surface area contributed by atoms with Crippen molar-refractivity contribution in [3.8, 4) is 0 Å². The van der Waals surface area contributed by atoms with Crippen molar-refractivity contribution in [2.45, 2.75) is 0 Å². The van der Waals surface area contributed by atoms with E-state index in [4.69, 9.17) is 11.6 Å². The lowest BCUT2D eigenvalue weighted by Crippen LogP contribution is -2.18. The van der Waals surface area contributed by atoms with E-state index in [0.717, 1.165) is 4.40 Å². The SMILES string of the molecule is O=c1c(F)c(Cl)nc2ccccn12. The molecule has 2 heterocycles. The number of aromatic nitrogens is 2. The van der Waals surface area contributed by atoms with Gasteiger partial charge in [-0.05, 0) is 12.1 Å². The highest BCUT2D eigenvalue weighted by molar-refractivity contribution is 6.29. The van der Waals surface area contributed by atoms with Crippen molar-refractivity contribution in [1.82, 2.24) is 9.38 Å². The Bertz CT molecular complexity index is 523. The molecule has 0 saturated carbocycles. The molecule has 2 aromatic rings. The maximum Gasteiger partial charge on any atom is 0.295 e. The fourth-order valence-electron chi connectivity index (χ4n) is 1.04. The Morgan fingerprint density at radius 1 is 1.46 bits per heavy atom. The third kappa shape index (κ3) is 1.19. The molecule has 0 N–H and O–H groups in total.